The number of Topliss-reactive ketones (excluding diaryl/α,β-unsaturated/α-hetero) is 1. The van der Waals surface area contributed by atoms with E-state index in [-0.39, 0.29) is 17.5 Å². The number of carbonyl (C=O) groups excluding carboxylic acids is 1. The summed E-state index contributed by atoms with van der Waals surface area (Å²) in [5.74, 6) is -0.0848. The standard InChI is InChI=1S/C21H21FN2OS/c22-18-4-2-16(3-5-18)21(25)17-8-11-24(12-9-17)10-7-15-1-6-19-20(13-15)26-14-23-19/h1-6,13-14,17H,7-12H2. The predicted molar refractivity (Wildman–Crippen MR) is 103 cm³/mol. The van der Waals surface area contributed by atoms with Gasteiger partial charge in [-0.1, -0.05) is 6.07 Å². The first kappa shape index (κ1) is 17.3. The molecule has 5 heteroatoms. The third kappa shape index (κ3) is 3.84. The molecule has 0 N–H and O–H groups in total. The maximum absolute atomic E-state index is 13.0. The fraction of sp³-hybridized carbons (Fsp3) is 0.333. The molecule has 0 aliphatic carbocycles. The summed E-state index contributed by atoms with van der Waals surface area (Å²) in [4.78, 5) is 19.3. The number of ketones is 1. The molecular formula is C21H21FN2OS. The number of likely N-dealkylation sites (tertiary alicyclic amines) is 1. The number of hydrogen-bond donors (Lipinski definition) is 0. The number of thiazole rings is 1. The summed E-state index contributed by atoms with van der Waals surface area (Å²) in [6, 6.07) is 12.4. The molecule has 1 aliphatic rings. The number of aromatic nitrogens is 1. The van der Waals surface area contributed by atoms with E-state index in [4.69, 9.17) is 0 Å². The molecule has 0 bridgehead atoms. The van der Waals surface area contributed by atoms with E-state index in [9.17, 15) is 9.18 Å². The monoisotopic (exact) mass is 368 g/mol. The van der Waals surface area contributed by atoms with Crippen molar-refractivity contribution in [1.29, 1.82) is 0 Å². The normalized spacial score (nSPS) is 16.2. The second kappa shape index (κ2) is 7.64. The van der Waals surface area contributed by atoms with Gasteiger partial charge >= 0.3 is 0 Å². The van der Waals surface area contributed by atoms with Gasteiger partial charge in [0.05, 0.1) is 15.7 Å². The minimum Gasteiger partial charge on any atom is -0.303 e. The highest BCUT2D eigenvalue weighted by Gasteiger charge is 2.25. The minimum atomic E-state index is -0.298. The van der Waals surface area contributed by atoms with Gasteiger partial charge in [-0.3, -0.25) is 4.79 Å². The molecule has 0 unspecified atom stereocenters. The van der Waals surface area contributed by atoms with E-state index in [1.165, 1.54) is 22.4 Å². The maximum atomic E-state index is 13.0. The first-order chi connectivity index (χ1) is 12.7. The Morgan fingerprint density at radius 3 is 2.69 bits per heavy atom. The van der Waals surface area contributed by atoms with Crippen molar-refractivity contribution in [3.05, 3.63) is 64.9 Å². The molecule has 134 valence electrons. The summed E-state index contributed by atoms with van der Waals surface area (Å²) in [6.45, 7) is 2.91. The van der Waals surface area contributed by atoms with Crippen LogP contribution < -0.4 is 0 Å². The fourth-order valence-corrected chi connectivity index (χ4v) is 4.35. The summed E-state index contributed by atoms with van der Waals surface area (Å²) in [5, 5.41) is 0. The van der Waals surface area contributed by atoms with Crippen LogP contribution in [0.2, 0.25) is 0 Å². The van der Waals surface area contributed by atoms with Gasteiger partial charge in [-0.15, -0.1) is 11.3 Å². The summed E-state index contributed by atoms with van der Waals surface area (Å²) < 4.78 is 14.3. The smallest absolute Gasteiger partial charge is 0.166 e. The molecule has 26 heavy (non-hydrogen) atoms. The Kier molecular flexibility index (Phi) is 5.09. The van der Waals surface area contributed by atoms with Gasteiger partial charge in [0.2, 0.25) is 0 Å². The van der Waals surface area contributed by atoms with Crippen LogP contribution >= 0.6 is 11.3 Å². The van der Waals surface area contributed by atoms with E-state index >= 15 is 0 Å². The zero-order valence-corrected chi connectivity index (χ0v) is 15.3. The van der Waals surface area contributed by atoms with Crippen LogP contribution in [0.15, 0.2) is 48.0 Å². The van der Waals surface area contributed by atoms with Crippen molar-refractivity contribution in [2.45, 2.75) is 19.3 Å². The number of carbonyl (C=O) groups is 1. The van der Waals surface area contributed by atoms with Crippen LogP contribution in [-0.2, 0) is 6.42 Å². The largest absolute Gasteiger partial charge is 0.303 e. The molecule has 0 radical (unpaired) electrons. The lowest BCUT2D eigenvalue weighted by Gasteiger charge is -2.31. The number of halogens is 1. The highest BCUT2D eigenvalue weighted by Crippen LogP contribution is 2.23. The van der Waals surface area contributed by atoms with Gasteiger partial charge in [0.15, 0.2) is 5.78 Å². The van der Waals surface area contributed by atoms with Gasteiger partial charge in [0, 0.05) is 18.0 Å². The van der Waals surface area contributed by atoms with E-state index in [1.807, 2.05) is 5.51 Å². The molecule has 1 fully saturated rings. The van der Waals surface area contributed by atoms with Crippen molar-refractivity contribution in [3.63, 3.8) is 0 Å². The summed E-state index contributed by atoms with van der Waals surface area (Å²) in [5.41, 5.74) is 4.92. The van der Waals surface area contributed by atoms with Crippen molar-refractivity contribution in [2.75, 3.05) is 19.6 Å². The molecule has 2 aromatic carbocycles. The Morgan fingerprint density at radius 1 is 1.15 bits per heavy atom. The Morgan fingerprint density at radius 2 is 1.92 bits per heavy atom. The molecule has 2 heterocycles. The Hall–Kier alpha value is -2.11. The lowest BCUT2D eigenvalue weighted by Crippen LogP contribution is -2.37. The predicted octanol–water partition coefficient (Wildman–Crippen LogP) is 4.57. The van der Waals surface area contributed by atoms with E-state index in [0.717, 1.165) is 44.4 Å². The van der Waals surface area contributed by atoms with E-state index < -0.39 is 0 Å². The van der Waals surface area contributed by atoms with Crippen LogP contribution in [0, 0.1) is 11.7 Å². The third-order valence-corrected chi connectivity index (χ3v) is 5.99. The summed E-state index contributed by atoms with van der Waals surface area (Å²) in [7, 11) is 0. The average molecular weight is 368 g/mol. The lowest BCUT2D eigenvalue weighted by atomic mass is 9.89. The van der Waals surface area contributed by atoms with Crippen molar-refractivity contribution >= 4 is 27.3 Å². The lowest BCUT2D eigenvalue weighted by molar-refractivity contribution is 0.0841. The Labute approximate surface area is 156 Å². The van der Waals surface area contributed by atoms with Crippen molar-refractivity contribution in [1.82, 2.24) is 9.88 Å². The van der Waals surface area contributed by atoms with E-state index in [0.29, 0.717) is 5.56 Å². The molecule has 3 nitrogen and oxygen atoms in total. The van der Waals surface area contributed by atoms with Crippen molar-refractivity contribution in [3.8, 4) is 0 Å². The van der Waals surface area contributed by atoms with Gasteiger partial charge < -0.3 is 4.90 Å². The van der Waals surface area contributed by atoms with E-state index in [1.54, 1.807) is 23.5 Å². The number of hydrogen-bond acceptors (Lipinski definition) is 4. The molecule has 0 amide bonds. The fourth-order valence-electron chi connectivity index (χ4n) is 3.61. The van der Waals surface area contributed by atoms with Crippen molar-refractivity contribution in [2.24, 2.45) is 5.92 Å². The quantitative estimate of drug-likeness (QED) is 0.619. The first-order valence-corrected chi connectivity index (χ1v) is 9.91. The molecule has 0 spiro atoms. The number of nitrogens with zero attached hydrogens (tertiary/aromatic N) is 2. The van der Waals surface area contributed by atoms with Gasteiger partial charge in [-0.05, 0) is 74.3 Å². The van der Waals surface area contributed by atoms with Crippen LogP contribution in [-0.4, -0.2) is 35.3 Å². The Balaban J connectivity index is 1.29. The molecule has 0 atom stereocenters. The van der Waals surface area contributed by atoms with Gasteiger partial charge in [-0.25, -0.2) is 9.37 Å². The van der Waals surface area contributed by atoms with Crippen LogP contribution in [0.1, 0.15) is 28.8 Å². The van der Waals surface area contributed by atoms with Gasteiger partial charge in [-0.2, -0.15) is 0 Å². The molecule has 4 rings (SSSR count). The molecule has 3 aromatic rings. The maximum Gasteiger partial charge on any atom is 0.166 e. The molecule has 1 saturated heterocycles. The zero-order chi connectivity index (χ0) is 17.9. The second-order valence-electron chi connectivity index (χ2n) is 6.89. The summed E-state index contributed by atoms with van der Waals surface area (Å²) >= 11 is 1.68. The minimum absolute atomic E-state index is 0.0604. The second-order valence-corrected chi connectivity index (χ2v) is 7.78. The molecule has 1 aromatic heterocycles. The molecule has 1 aliphatic heterocycles. The number of benzene rings is 2. The number of piperidine rings is 1. The molecule has 0 saturated carbocycles. The number of fused-ring (bicyclic) bond motifs is 1. The highest BCUT2D eigenvalue weighted by molar-refractivity contribution is 7.16. The van der Waals surface area contributed by atoms with Crippen LogP contribution in [0.3, 0.4) is 0 Å². The van der Waals surface area contributed by atoms with Crippen LogP contribution in [0.5, 0.6) is 0 Å². The average Bonchev–Trinajstić information content (AvgIpc) is 3.15. The van der Waals surface area contributed by atoms with Gasteiger partial charge in [0.25, 0.3) is 0 Å². The highest BCUT2D eigenvalue weighted by atomic mass is 32.1. The first-order valence-electron chi connectivity index (χ1n) is 9.03. The van der Waals surface area contributed by atoms with Crippen LogP contribution in [0.4, 0.5) is 4.39 Å². The van der Waals surface area contributed by atoms with Crippen molar-refractivity contribution < 1.29 is 9.18 Å². The topological polar surface area (TPSA) is 33.2 Å². The third-order valence-electron chi connectivity index (χ3n) is 5.20. The SMILES string of the molecule is O=C(c1ccc(F)cc1)C1CCN(CCc2ccc3ncsc3c2)CC1. The summed E-state index contributed by atoms with van der Waals surface area (Å²) in [6.07, 6.45) is 2.78. The van der Waals surface area contributed by atoms with E-state index in [2.05, 4.69) is 28.1 Å². The molecular weight excluding hydrogens is 347 g/mol. The van der Waals surface area contributed by atoms with Crippen LogP contribution in [0.25, 0.3) is 10.2 Å². The zero-order valence-electron chi connectivity index (χ0n) is 14.5. The Bertz CT molecular complexity index is 898. The van der Waals surface area contributed by atoms with Gasteiger partial charge in [0.1, 0.15) is 5.82 Å². The number of rotatable bonds is 5.